The Hall–Kier alpha value is -1.97. The van der Waals surface area contributed by atoms with Gasteiger partial charge in [0.15, 0.2) is 11.7 Å². The topological polar surface area (TPSA) is 83.6 Å². The summed E-state index contributed by atoms with van der Waals surface area (Å²) in [5.41, 5.74) is 0. The second-order valence-corrected chi connectivity index (χ2v) is 4.58. The van der Waals surface area contributed by atoms with E-state index >= 15 is 0 Å². The molecule has 2 aromatic heterocycles. The van der Waals surface area contributed by atoms with Crippen LogP contribution in [0.5, 0.6) is 0 Å². The number of furan rings is 1. The lowest BCUT2D eigenvalue weighted by Gasteiger charge is -2.12. The average molecular weight is 431 g/mol. The molecule has 0 saturated carbocycles. The monoisotopic (exact) mass is 431 g/mol. The van der Waals surface area contributed by atoms with E-state index in [4.69, 9.17) is 4.42 Å². The maximum atomic E-state index is 11.6. The van der Waals surface area contributed by atoms with Gasteiger partial charge in [-0.05, 0) is 24.3 Å². The maximum absolute atomic E-state index is 11.6. The molecular weight excluding hydrogens is 409 g/mol. The molecule has 23 heavy (non-hydrogen) atoms. The summed E-state index contributed by atoms with van der Waals surface area (Å²) >= 11 is 0. The lowest BCUT2D eigenvalue weighted by Crippen LogP contribution is -2.42. The van der Waals surface area contributed by atoms with Gasteiger partial charge in [-0.1, -0.05) is 0 Å². The van der Waals surface area contributed by atoms with Crippen LogP contribution in [-0.4, -0.2) is 43.1 Å². The van der Waals surface area contributed by atoms with Crippen molar-refractivity contribution in [3.63, 3.8) is 0 Å². The zero-order chi connectivity index (χ0) is 15.6. The second kappa shape index (κ2) is 10.7. The predicted molar refractivity (Wildman–Crippen MR) is 100 cm³/mol. The SMILES string of the molecule is CN=C(NCCNC(=O)c1ccco1)NCCn1cccc1.I. The van der Waals surface area contributed by atoms with Crippen LogP contribution in [0.4, 0.5) is 0 Å². The molecule has 2 heterocycles. The summed E-state index contributed by atoms with van der Waals surface area (Å²) in [5.74, 6) is 0.802. The Morgan fingerprint density at radius 3 is 2.48 bits per heavy atom. The molecule has 1 amide bonds. The summed E-state index contributed by atoms with van der Waals surface area (Å²) < 4.78 is 7.10. The number of hydrogen-bond acceptors (Lipinski definition) is 3. The highest BCUT2D eigenvalue weighted by Gasteiger charge is 2.06. The van der Waals surface area contributed by atoms with Gasteiger partial charge >= 0.3 is 0 Å². The fraction of sp³-hybridized carbons (Fsp3) is 0.333. The van der Waals surface area contributed by atoms with E-state index in [1.807, 2.05) is 24.5 Å². The molecule has 0 radical (unpaired) electrons. The number of carbonyl (C=O) groups is 1. The molecule has 0 bridgehead atoms. The zero-order valence-corrected chi connectivity index (χ0v) is 15.3. The summed E-state index contributed by atoms with van der Waals surface area (Å²) in [5, 5.41) is 9.11. The molecule has 0 unspecified atom stereocenters. The third-order valence-electron chi connectivity index (χ3n) is 3.00. The van der Waals surface area contributed by atoms with Crippen molar-refractivity contribution in [1.82, 2.24) is 20.5 Å². The highest BCUT2D eigenvalue weighted by molar-refractivity contribution is 14.0. The summed E-state index contributed by atoms with van der Waals surface area (Å²) in [6.45, 7) is 2.70. The van der Waals surface area contributed by atoms with E-state index in [1.165, 1.54) is 6.26 Å². The van der Waals surface area contributed by atoms with Gasteiger partial charge in [0, 0.05) is 45.6 Å². The summed E-state index contributed by atoms with van der Waals surface area (Å²) in [4.78, 5) is 15.8. The van der Waals surface area contributed by atoms with Crippen LogP contribution in [0, 0.1) is 0 Å². The van der Waals surface area contributed by atoms with E-state index in [0.717, 1.165) is 13.1 Å². The number of amides is 1. The Balaban J connectivity index is 0.00000264. The van der Waals surface area contributed by atoms with E-state index in [0.29, 0.717) is 24.8 Å². The fourth-order valence-electron chi connectivity index (χ4n) is 1.90. The number of hydrogen-bond donors (Lipinski definition) is 3. The molecule has 2 rings (SSSR count). The molecule has 2 aromatic rings. The fourth-order valence-corrected chi connectivity index (χ4v) is 1.90. The number of nitrogens with zero attached hydrogens (tertiary/aromatic N) is 2. The third kappa shape index (κ3) is 6.76. The summed E-state index contributed by atoms with van der Waals surface area (Å²) in [6.07, 6.45) is 5.51. The standard InChI is InChI=1S/C15H21N5O2.HI/c1-16-15(19-8-11-20-9-2-3-10-20)18-7-6-17-14(21)13-5-4-12-22-13;/h2-5,9-10,12H,6-8,11H2,1H3,(H,17,21)(H2,16,18,19);1H. The highest BCUT2D eigenvalue weighted by atomic mass is 127. The van der Waals surface area contributed by atoms with Crippen LogP contribution < -0.4 is 16.0 Å². The van der Waals surface area contributed by atoms with Gasteiger partial charge in [0.05, 0.1) is 6.26 Å². The largest absolute Gasteiger partial charge is 0.459 e. The molecule has 3 N–H and O–H groups in total. The number of aromatic nitrogens is 1. The Morgan fingerprint density at radius 1 is 1.13 bits per heavy atom. The molecular formula is C15H22IN5O2. The van der Waals surface area contributed by atoms with Crippen molar-refractivity contribution in [1.29, 1.82) is 0 Å². The smallest absolute Gasteiger partial charge is 0.287 e. The van der Waals surface area contributed by atoms with E-state index < -0.39 is 0 Å². The van der Waals surface area contributed by atoms with Gasteiger partial charge in [-0.25, -0.2) is 0 Å². The van der Waals surface area contributed by atoms with Crippen molar-refractivity contribution in [3.05, 3.63) is 48.7 Å². The minimum absolute atomic E-state index is 0. The van der Waals surface area contributed by atoms with Gasteiger partial charge < -0.3 is 24.9 Å². The van der Waals surface area contributed by atoms with Crippen molar-refractivity contribution in [2.75, 3.05) is 26.7 Å². The molecule has 0 aromatic carbocycles. The Bertz CT molecular complexity index is 581. The van der Waals surface area contributed by atoms with E-state index in [1.54, 1.807) is 19.2 Å². The van der Waals surface area contributed by atoms with Gasteiger partial charge in [0.2, 0.25) is 0 Å². The Kier molecular flexibility index (Phi) is 8.88. The second-order valence-electron chi connectivity index (χ2n) is 4.58. The van der Waals surface area contributed by atoms with Crippen molar-refractivity contribution < 1.29 is 9.21 Å². The first-order chi connectivity index (χ1) is 10.8. The van der Waals surface area contributed by atoms with Crippen molar-refractivity contribution >= 4 is 35.8 Å². The molecule has 0 aliphatic heterocycles. The Labute approximate surface area is 152 Å². The van der Waals surface area contributed by atoms with Crippen LogP contribution in [0.25, 0.3) is 0 Å². The normalized spacial score (nSPS) is 10.7. The minimum Gasteiger partial charge on any atom is -0.459 e. The molecule has 126 valence electrons. The predicted octanol–water partition coefficient (Wildman–Crippen LogP) is 1.29. The van der Waals surface area contributed by atoms with Crippen molar-refractivity contribution in [2.24, 2.45) is 4.99 Å². The van der Waals surface area contributed by atoms with Gasteiger partial charge in [0.25, 0.3) is 5.91 Å². The number of halogens is 1. The van der Waals surface area contributed by atoms with Gasteiger partial charge in [-0.3, -0.25) is 9.79 Å². The first-order valence-electron chi connectivity index (χ1n) is 7.16. The van der Waals surface area contributed by atoms with Crippen LogP contribution in [-0.2, 0) is 6.54 Å². The third-order valence-corrected chi connectivity index (χ3v) is 3.00. The minimum atomic E-state index is -0.220. The first-order valence-corrected chi connectivity index (χ1v) is 7.16. The highest BCUT2D eigenvalue weighted by Crippen LogP contribution is 1.98. The molecule has 0 aliphatic rings. The van der Waals surface area contributed by atoms with E-state index in [2.05, 4.69) is 25.5 Å². The molecule has 7 nitrogen and oxygen atoms in total. The van der Waals surface area contributed by atoms with E-state index in [9.17, 15) is 4.79 Å². The molecule has 0 saturated heterocycles. The van der Waals surface area contributed by atoms with Crippen LogP contribution >= 0.6 is 24.0 Å². The lowest BCUT2D eigenvalue weighted by atomic mass is 10.4. The Morgan fingerprint density at radius 2 is 1.83 bits per heavy atom. The van der Waals surface area contributed by atoms with Crippen molar-refractivity contribution in [2.45, 2.75) is 6.54 Å². The molecule has 8 heteroatoms. The average Bonchev–Trinajstić information content (AvgIpc) is 3.22. The number of aliphatic imine (C=N–C) groups is 1. The summed E-state index contributed by atoms with van der Waals surface area (Å²) in [6, 6.07) is 7.30. The molecule has 0 aliphatic carbocycles. The first kappa shape index (κ1) is 19.1. The molecule has 0 atom stereocenters. The molecule has 0 spiro atoms. The number of carbonyl (C=O) groups excluding carboxylic acids is 1. The van der Waals surface area contributed by atoms with Crippen LogP contribution in [0.15, 0.2) is 52.3 Å². The lowest BCUT2D eigenvalue weighted by molar-refractivity contribution is 0.0926. The zero-order valence-electron chi connectivity index (χ0n) is 13.0. The molecule has 0 fully saturated rings. The summed E-state index contributed by atoms with van der Waals surface area (Å²) in [7, 11) is 1.71. The number of rotatable bonds is 7. The van der Waals surface area contributed by atoms with E-state index in [-0.39, 0.29) is 29.9 Å². The van der Waals surface area contributed by atoms with Gasteiger partial charge in [-0.2, -0.15) is 0 Å². The van der Waals surface area contributed by atoms with Crippen LogP contribution in [0.1, 0.15) is 10.6 Å². The maximum Gasteiger partial charge on any atom is 0.287 e. The van der Waals surface area contributed by atoms with Gasteiger partial charge in [0.1, 0.15) is 0 Å². The number of nitrogens with one attached hydrogen (secondary N) is 3. The van der Waals surface area contributed by atoms with Crippen LogP contribution in [0.3, 0.4) is 0 Å². The van der Waals surface area contributed by atoms with Gasteiger partial charge in [-0.15, -0.1) is 24.0 Å². The van der Waals surface area contributed by atoms with Crippen molar-refractivity contribution in [3.8, 4) is 0 Å². The van der Waals surface area contributed by atoms with Crippen LogP contribution in [0.2, 0.25) is 0 Å². The quantitative estimate of drug-likeness (QED) is 0.267. The number of guanidine groups is 1.